The number of rotatable bonds is 8. The Morgan fingerprint density at radius 1 is 0.607 bits per heavy atom. The van der Waals surface area contributed by atoms with Crippen molar-refractivity contribution >= 4 is 5.69 Å². The SMILES string of the molecule is CCN(CC)c1ccc(C(c2ccc(OC)cc2)c2ccc(OC)cc2)cc1. The van der Waals surface area contributed by atoms with Gasteiger partial charge in [-0.25, -0.2) is 0 Å². The van der Waals surface area contributed by atoms with E-state index in [9.17, 15) is 0 Å². The topological polar surface area (TPSA) is 21.7 Å². The minimum absolute atomic E-state index is 0.155. The fourth-order valence-electron chi connectivity index (χ4n) is 3.64. The number of ether oxygens (including phenoxy) is 2. The number of hydrogen-bond donors (Lipinski definition) is 0. The molecule has 0 unspecified atom stereocenters. The second-order valence-electron chi connectivity index (χ2n) is 6.74. The highest BCUT2D eigenvalue weighted by molar-refractivity contribution is 5.52. The van der Waals surface area contributed by atoms with Crippen molar-refractivity contribution in [1.29, 1.82) is 0 Å². The first-order chi connectivity index (χ1) is 13.7. The average molecular weight is 376 g/mol. The molecule has 3 nitrogen and oxygen atoms in total. The fourth-order valence-corrected chi connectivity index (χ4v) is 3.64. The molecule has 0 amide bonds. The summed E-state index contributed by atoms with van der Waals surface area (Å²) in [6.45, 7) is 6.40. The van der Waals surface area contributed by atoms with Gasteiger partial charge in [-0.05, 0) is 66.9 Å². The lowest BCUT2D eigenvalue weighted by Gasteiger charge is -2.23. The van der Waals surface area contributed by atoms with E-state index in [4.69, 9.17) is 9.47 Å². The minimum Gasteiger partial charge on any atom is -0.497 e. The number of nitrogens with zero attached hydrogens (tertiary/aromatic N) is 1. The zero-order valence-electron chi connectivity index (χ0n) is 17.2. The summed E-state index contributed by atoms with van der Waals surface area (Å²) < 4.78 is 10.7. The Morgan fingerprint density at radius 2 is 0.964 bits per heavy atom. The first kappa shape index (κ1) is 19.8. The Kier molecular flexibility index (Phi) is 6.59. The van der Waals surface area contributed by atoms with E-state index in [2.05, 4.69) is 67.3 Å². The van der Waals surface area contributed by atoms with Crippen molar-refractivity contribution in [3.05, 3.63) is 89.5 Å². The van der Waals surface area contributed by atoms with Gasteiger partial charge in [0.1, 0.15) is 11.5 Å². The van der Waals surface area contributed by atoms with Gasteiger partial charge in [0.15, 0.2) is 0 Å². The zero-order chi connectivity index (χ0) is 19.9. The lowest BCUT2D eigenvalue weighted by atomic mass is 9.85. The molecule has 146 valence electrons. The van der Waals surface area contributed by atoms with Crippen LogP contribution in [0.3, 0.4) is 0 Å². The Hall–Kier alpha value is -2.94. The van der Waals surface area contributed by atoms with Crippen molar-refractivity contribution in [2.45, 2.75) is 19.8 Å². The van der Waals surface area contributed by atoms with Crippen molar-refractivity contribution in [2.75, 3.05) is 32.2 Å². The van der Waals surface area contributed by atoms with E-state index < -0.39 is 0 Å². The predicted octanol–water partition coefficient (Wildman–Crippen LogP) is 5.73. The Bertz CT molecular complexity index is 803. The number of methoxy groups -OCH3 is 2. The van der Waals surface area contributed by atoms with Crippen LogP contribution in [-0.4, -0.2) is 27.3 Å². The van der Waals surface area contributed by atoms with Crippen molar-refractivity contribution in [1.82, 2.24) is 0 Å². The van der Waals surface area contributed by atoms with E-state index in [1.54, 1.807) is 14.2 Å². The third-order valence-electron chi connectivity index (χ3n) is 5.25. The number of anilines is 1. The maximum Gasteiger partial charge on any atom is 0.118 e. The van der Waals surface area contributed by atoms with E-state index in [1.165, 1.54) is 22.4 Å². The molecule has 0 heterocycles. The van der Waals surface area contributed by atoms with Crippen LogP contribution < -0.4 is 14.4 Å². The normalized spacial score (nSPS) is 10.8. The molecule has 0 bridgehead atoms. The maximum absolute atomic E-state index is 5.34. The molecule has 3 heteroatoms. The van der Waals surface area contributed by atoms with E-state index in [-0.39, 0.29) is 5.92 Å². The molecule has 3 aromatic carbocycles. The summed E-state index contributed by atoms with van der Waals surface area (Å²) in [5.74, 6) is 1.89. The summed E-state index contributed by atoms with van der Waals surface area (Å²) in [6, 6.07) is 25.6. The average Bonchev–Trinajstić information content (AvgIpc) is 2.77. The van der Waals surface area contributed by atoms with Gasteiger partial charge in [-0.1, -0.05) is 36.4 Å². The van der Waals surface area contributed by atoms with Gasteiger partial charge in [-0.15, -0.1) is 0 Å². The van der Waals surface area contributed by atoms with Gasteiger partial charge in [-0.2, -0.15) is 0 Å². The molecule has 0 N–H and O–H groups in total. The summed E-state index contributed by atoms with van der Waals surface area (Å²) in [4.78, 5) is 2.36. The Labute approximate surface area is 168 Å². The summed E-state index contributed by atoms with van der Waals surface area (Å²) >= 11 is 0. The largest absolute Gasteiger partial charge is 0.497 e. The van der Waals surface area contributed by atoms with E-state index in [1.807, 2.05) is 24.3 Å². The van der Waals surface area contributed by atoms with Crippen LogP contribution in [0.25, 0.3) is 0 Å². The van der Waals surface area contributed by atoms with Gasteiger partial charge < -0.3 is 14.4 Å². The molecule has 0 aliphatic heterocycles. The van der Waals surface area contributed by atoms with Gasteiger partial charge >= 0.3 is 0 Å². The van der Waals surface area contributed by atoms with Crippen LogP contribution in [0.4, 0.5) is 5.69 Å². The van der Waals surface area contributed by atoms with Gasteiger partial charge in [0.25, 0.3) is 0 Å². The van der Waals surface area contributed by atoms with Gasteiger partial charge in [0, 0.05) is 24.7 Å². The number of benzene rings is 3. The molecule has 28 heavy (non-hydrogen) atoms. The first-order valence-electron chi connectivity index (χ1n) is 9.83. The van der Waals surface area contributed by atoms with Crippen LogP contribution in [0.5, 0.6) is 11.5 Å². The highest BCUT2D eigenvalue weighted by Gasteiger charge is 2.17. The maximum atomic E-state index is 5.34. The van der Waals surface area contributed by atoms with Crippen LogP contribution in [0.2, 0.25) is 0 Å². The molecule has 0 atom stereocenters. The molecular formula is C25H29NO2. The zero-order valence-corrected chi connectivity index (χ0v) is 17.2. The first-order valence-corrected chi connectivity index (χ1v) is 9.83. The minimum atomic E-state index is 0.155. The van der Waals surface area contributed by atoms with Crippen LogP contribution in [-0.2, 0) is 0 Å². The van der Waals surface area contributed by atoms with Crippen molar-refractivity contribution in [3.8, 4) is 11.5 Å². The van der Waals surface area contributed by atoms with E-state index in [0.29, 0.717) is 0 Å². The fraction of sp³-hybridized carbons (Fsp3) is 0.280. The predicted molar refractivity (Wildman–Crippen MR) is 117 cm³/mol. The summed E-state index contributed by atoms with van der Waals surface area (Å²) in [7, 11) is 3.39. The third kappa shape index (κ3) is 4.30. The Morgan fingerprint density at radius 3 is 1.29 bits per heavy atom. The summed E-state index contributed by atoms with van der Waals surface area (Å²) in [5.41, 5.74) is 5.01. The van der Waals surface area contributed by atoms with E-state index in [0.717, 1.165) is 24.6 Å². The summed E-state index contributed by atoms with van der Waals surface area (Å²) in [6.07, 6.45) is 0. The van der Waals surface area contributed by atoms with Gasteiger partial charge in [0.05, 0.1) is 14.2 Å². The molecule has 0 radical (unpaired) electrons. The third-order valence-corrected chi connectivity index (χ3v) is 5.25. The summed E-state index contributed by atoms with van der Waals surface area (Å²) in [5, 5.41) is 0. The second kappa shape index (κ2) is 9.32. The lowest BCUT2D eigenvalue weighted by Crippen LogP contribution is -2.21. The molecule has 3 rings (SSSR count). The molecular weight excluding hydrogens is 346 g/mol. The van der Waals surface area contributed by atoms with E-state index >= 15 is 0 Å². The lowest BCUT2D eigenvalue weighted by molar-refractivity contribution is 0.414. The quantitative estimate of drug-likeness (QED) is 0.469. The highest BCUT2D eigenvalue weighted by atomic mass is 16.5. The smallest absolute Gasteiger partial charge is 0.118 e. The van der Waals surface area contributed by atoms with Gasteiger partial charge in [0.2, 0.25) is 0 Å². The number of hydrogen-bond acceptors (Lipinski definition) is 3. The molecule has 0 aliphatic rings. The molecule has 0 saturated heterocycles. The van der Waals surface area contributed by atoms with Crippen LogP contribution >= 0.6 is 0 Å². The monoisotopic (exact) mass is 375 g/mol. The Balaban J connectivity index is 2.01. The molecule has 0 aliphatic carbocycles. The standard InChI is InChI=1S/C25H29NO2/c1-5-26(6-2)22-13-7-19(8-14-22)25(20-9-15-23(27-3)16-10-20)21-11-17-24(28-4)18-12-21/h7-18,25H,5-6H2,1-4H3. The van der Waals surface area contributed by atoms with Crippen molar-refractivity contribution < 1.29 is 9.47 Å². The molecule has 0 saturated carbocycles. The highest BCUT2D eigenvalue weighted by Crippen LogP contribution is 2.34. The van der Waals surface area contributed by atoms with Gasteiger partial charge in [-0.3, -0.25) is 0 Å². The van der Waals surface area contributed by atoms with Crippen molar-refractivity contribution in [2.24, 2.45) is 0 Å². The molecule has 0 fully saturated rings. The molecule has 3 aromatic rings. The van der Waals surface area contributed by atoms with Crippen LogP contribution in [0.1, 0.15) is 36.5 Å². The molecule has 0 spiro atoms. The van der Waals surface area contributed by atoms with Crippen LogP contribution in [0, 0.1) is 0 Å². The molecule has 0 aromatic heterocycles. The van der Waals surface area contributed by atoms with Crippen LogP contribution in [0.15, 0.2) is 72.8 Å². The van der Waals surface area contributed by atoms with Crippen molar-refractivity contribution in [3.63, 3.8) is 0 Å². The second-order valence-corrected chi connectivity index (χ2v) is 6.74.